The number of rotatable bonds is 4. The van der Waals surface area contributed by atoms with Crippen molar-refractivity contribution in [1.82, 2.24) is 0 Å². The number of carbonyl (C=O) groups is 1. The van der Waals surface area contributed by atoms with Gasteiger partial charge in [0, 0.05) is 6.54 Å². The van der Waals surface area contributed by atoms with Crippen molar-refractivity contribution in [3.63, 3.8) is 0 Å². The predicted molar refractivity (Wildman–Crippen MR) is 76.2 cm³/mol. The maximum absolute atomic E-state index is 13.6. The minimum Gasteiger partial charge on any atom is -0.465 e. The summed E-state index contributed by atoms with van der Waals surface area (Å²) in [5.74, 6) is -0.643. The molecule has 0 radical (unpaired) electrons. The van der Waals surface area contributed by atoms with Crippen LogP contribution in [-0.4, -0.2) is 13.1 Å². The van der Waals surface area contributed by atoms with Gasteiger partial charge in [0.25, 0.3) is 0 Å². The molecule has 0 heterocycles. The van der Waals surface area contributed by atoms with Gasteiger partial charge in [-0.25, -0.2) is 9.18 Å². The van der Waals surface area contributed by atoms with Gasteiger partial charge in [-0.15, -0.1) is 0 Å². The fourth-order valence-electron chi connectivity index (χ4n) is 1.85. The second kappa shape index (κ2) is 6.19. The van der Waals surface area contributed by atoms with E-state index in [0.717, 1.165) is 11.1 Å². The average molecular weight is 273 g/mol. The fourth-order valence-corrected chi connectivity index (χ4v) is 1.85. The van der Waals surface area contributed by atoms with Crippen LogP contribution in [0.25, 0.3) is 0 Å². The van der Waals surface area contributed by atoms with E-state index >= 15 is 0 Å². The summed E-state index contributed by atoms with van der Waals surface area (Å²) in [6.07, 6.45) is 0. The van der Waals surface area contributed by atoms with Crippen molar-refractivity contribution in [3.8, 4) is 0 Å². The Kier molecular flexibility index (Phi) is 4.35. The largest absolute Gasteiger partial charge is 0.465 e. The average Bonchev–Trinajstić information content (AvgIpc) is 2.48. The number of aryl methyl sites for hydroxylation is 1. The molecular formula is C16H16FNO2. The van der Waals surface area contributed by atoms with Crippen molar-refractivity contribution >= 4 is 11.7 Å². The van der Waals surface area contributed by atoms with Crippen molar-refractivity contribution in [3.05, 3.63) is 65.0 Å². The van der Waals surface area contributed by atoms with Crippen molar-refractivity contribution in [1.29, 1.82) is 0 Å². The first-order chi connectivity index (χ1) is 9.60. The highest BCUT2D eigenvalue weighted by atomic mass is 19.1. The number of nitrogens with one attached hydrogen (secondary N) is 1. The van der Waals surface area contributed by atoms with Crippen molar-refractivity contribution in [2.75, 3.05) is 12.4 Å². The zero-order valence-electron chi connectivity index (χ0n) is 11.4. The quantitative estimate of drug-likeness (QED) is 0.866. The van der Waals surface area contributed by atoms with Crippen LogP contribution in [0.15, 0.2) is 42.5 Å². The lowest BCUT2D eigenvalue weighted by molar-refractivity contribution is 0.0600. The molecule has 104 valence electrons. The molecule has 0 aliphatic rings. The molecule has 4 heteroatoms. The topological polar surface area (TPSA) is 38.3 Å². The number of ether oxygens (including phenoxy) is 1. The molecule has 2 rings (SSSR count). The second-order valence-corrected chi connectivity index (χ2v) is 4.53. The lowest BCUT2D eigenvalue weighted by Gasteiger charge is -2.09. The summed E-state index contributed by atoms with van der Waals surface area (Å²) < 4.78 is 18.2. The minimum atomic E-state index is -0.366. The molecule has 0 saturated carbocycles. The normalized spacial score (nSPS) is 10.2. The number of hydrogen-bond donors (Lipinski definition) is 1. The Morgan fingerprint density at radius 2 is 1.90 bits per heavy atom. The summed E-state index contributed by atoms with van der Waals surface area (Å²) in [6.45, 7) is 2.40. The number of carbonyl (C=O) groups excluding carboxylic acids is 1. The van der Waals surface area contributed by atoms with E-state index in [-0.39, 0.29) is 11.8 Å². The number of hydrogen-bond acceptors (Lipinski definition) is 3. The van der Waals surface area contributed by atoms with E-state index < -0.39 is 0 Å². The highest BCUT2D eigenvalue weighted by Gasteiger charge is 2.05. The van der Waals surface area contributed by atoms with E-state index in [1.165, 1.54) is 13.2 Å². The summed E-state index contributed by atoms with van der Waals surface area (Å²) in [5.41, 5.74) is 2.92. The third kappa shape index (κ3) is 3.35. The summed E-state index contributed by atoms with van der Waals surface area (Å²) in [6, 6.07) is 11.9. The molecule has 0 fully saturated rings. The molecule has 0 aliphatic heterocycles. The number of halogens is 1. The van der Waals surface area contributed by atoms with E-state index in [0.29, 0.717) is 17.8 Å². The Balaban J connectivity index is 2.04. The van der Waals surface area contributed by atoms with Crippen LogP contribution in [0, 0.1) is 12.7 Å². The molecule has 0 spiro atoms. The zero-order chi connectivity index (χ0) is 14.5. The molecular weight excluding hydrogens is 257 g/mol. The highest BCUT2D eigenvalue weighted by molar-refractivity contribution is 5.89. The molecule has 20 heavy (non-hydrogen) atoms. The SMILES string of the molecule is COC(=O)c1ccc(CNc2cc(C)ccc2F)cc1. The molecule has 0 amide bonds. The van der Waals surface area contributed by atoms with Gasteiger partial charge in [0.15, 0.2) is 0 Å². The lowest BCUT2D eigenvalue weighted by Crippen LogP contribution is -2.04. The van der Waals surface area contributed by atoms with Crippen LogP contribution in [0.5, 0.6) is 0 Å². The van der Waals surface area contributed by atoms with Crippen molar-refractivity contribution in [2.45, 2.75) is 13.5 Å². The fraction of sp³-hybridized carbons (Fsp3) is 0.188. The van der Waals surface area contributed by atoms with E-state index in [2.05, 4.69) is 10.1 Å². The van der Waals surface area contributed by atoms with Crippen LogP contribution >= 0.6 is 0 Å². The van der Waals surface area contributed by atoms with Gasteiger partial charge in [0.05, 0.1) is 18.4 Å². The predicted octanol–water partition coefficient (Wildman–Crippen LogP) is 3.53. The Morgan fingerprint density at radius 3 is 2.55 bits per heavy atom. The Labute approximate surface area is 117 Å². The summed E-state index contributed by atoms with van der Waals surface area (Å²) in [5, 5.41) is 3.04. The molecule has 2 aromatic carbocycles. The Morgan fingerprint density at radius 1 is 1.20 bits per heavy atom. The van der Waals surface area contributed by atoms with Gasteiger partial charge in [0.2, 0.25) is 0 Å². The molecule has 0 bridgehead atoms. The third-order valence-electron chi connectivity index (χ3n) is 2.98. The maximum Gasteiger partial charge on any atom is 0.337 e. The smallest absolute Gasteiger partial charge is 0.337 e. The number of benzene rings is 2. The zero-order valence-corrected chi connectivity index (χ0v) is 11.4. The molecule has 2 aromatic rings. The molecule has 0 saturated heterocycles. The summed E-state index contributed by atoms with van der Waals surface area (Å²) in [7, 11) is 1.35. The van der Waals surface area contributed by atoms with E-state index in [1.807, 2.05) is 19.1 Å². The molecule has 3 nitrogen and oxygen atoms in total. The molecule has 0 aromatic heterocycles. The van der Waals surface area contributed by atoms with E-state index in [1.54, 1.807) is 24.3 Å². The molecule has 1 N–H and O–H groups in total. The van der Waals surface area contributed by atoms with Gasteiger partial charge in [-0.2, -0.15) is 0 Å². The van der Waals surface area contributed by atoms with E-state index in [9.17, 15) is 9.18 Å². The van der Waals surface area contributed by atoms with Gasteiger partial charge in [-0.3, -0.25) is 0 Å². The summed E-state index contributed by atoms with van der Waals surface area (Å²) in [4.78, 5) is 11.3. The third-order valence-corrected chi connectivity index (χ3v) is 2.98. The van der Waals surface area contributed by atoms with Gasteiger partial charge >= 0.3 is 5.97 Å². The first kappa shape index (κ1) is 14.1. The van der Waals surface area contributed by atoms with Crippen molar-refractivity contribution < 1.29 is 13.9 Å². The van der Waals surface area contributed by atoms with Crippen LogP contribution in [-0.2, 0) is 11.3 Å². The monoisotopic (exact) mass is 273 g/mol. The minimum absolute atomic E-state index is 0.276. The highest BCUT2D eigenvalue weighted by Crippen LogP contribution is 2.17. The lowest BCUT2D eigenvalue weighted by atomic mass is 10.1. The molecule has 0 atom stereocenters. The number of methoxy groups -OCH3 is 1. The van der Waals surface area contributed by atoms with Gasteiger partial charge in [-0.1, -0.05) is 18.2 Å². The number of esters is 1. The Hall–Kier alpha value is -2.36. The molecule has 0 aliphatic carbocycles. The van der Waals surface area contributed by atoms with Gasteiger partial charge in [-0.05, 0) is 42.3 Å². The van der Waals surface area contributed by atoms with Crippen molar-refractivity contribution in [2.24, 2.45) is 0 Å². The molecule has 0 unspecified atom stereocenters. The van der Waals surface area contributed by atoms with Crippen LogP contribution in [0.3, 0.4) is 0 Å². The van der Waals surface area contributed by atoms with Crippen LogP contribution in [0.1, 0.15) is 21.5 Å². The second-order valence-electron chi connectivity index (χ2n) is 4.53. The van der Waals surface area contributed by atoms with Crippen LogP contribution in [0.4, 0.5) is 10.1 Å². The van der Waals surface area contributed by atoms with Gasteiger partial charge in [0.1, 0.15) is 5.82 Å². The van der Waals surface area contributed by atoms with E-state index in [4.69, 9.17) is 0 Å². The first-order valence-electron chi connectivity index (χ1n) is 6.27. The first-order valence-corrected chi connectivity index (χ1v) is 6.27. The van der Waals surface area contributed by atoms with Crippen LogP contribution < -0.4 is 5.32 Å². The Bertz CT molecular complexity index is 608. The number of anilines is 1. The van der Waals surface area contributed by atoms with Gasteiger partial charge < -0.3 is 10.1 Å². The maximum atomic E-state index is 13.6. The summed E-state index contributed by atoms with van der Waals surface area (Å²) >= 11 is 0. The standard InChI is InChI=1S/C16H16FNO2/c1-11-3-8-14(17)15(9-11)18-10-12-4-6-13(7-5-12)16(19)20-2/h3-9,18H,10H2,1-2H3. The van der Waals surface area contributed by atoms with Crippen LogP contribution in [0.2, 0.25) is 0 Å².